The van der Waals surface area contributed by atoms with Crippen LogP contribution in [-0.2, 0) is 0 Å². The number of ether oxygens (including phenoxy) is 1. The van der Waals surface area contributed by atoms with Crippen LogP contribution in [0.1, 0.15) is 29.3 Å². The topological polar surface area (TPSA) is 26.3 Å². The van der Waals surface area contributed by atoms with Crippen molar-refractivity contribution in [2.45, 2.75) is 13.3 Å². The van der Waals surface area contributed by atoms with Gasteiger partial charge in [-0.05, 0) is 36.8 Å². The highest BCUT2D eigenvalue weighted by Gasteiger charge is 2.03. The van der Waals surface area contributed by atoms with E-state index in [1.54, 1.807) is 24.3 Å². The number of carbonyl (C=O) groups excluding carboxylic acids is 1. The van der Waals surface area contributed by atoms with E-state index in [1.165, 1.54) is 0 Å². The summed E-state index contributed by atoms with van der Waals surface area (Å²) in [5, 5.41) is 0. The smallest absolute Gasteiger partial charge is 0.150 e. The molecule has 2 rings (SSSR count). The number of hydrogen-bond donors (Lipinski definition) is 0. The summed E-state index contributed by atoms with van der Waals surface area (Å²) in [7, 11) is 0. The van der Waals surface area contributed by atoms with Crippen molar-refractivity contribution >= 4 is 12.0 Å². The van der Waals surface area contributed by atoms with Gasteiger partial charge in [0.25, 0.3) is 0 Å². The third kappa shape index (κ3) is 3.55. The van der Waals surface area contributed by atoms with Crippen LogP contribution in [0.15, 0.2) is 60.7 Å². The van der Waals surface area contributed by atoms with Crippen LogP contribution in [0.3, 0.4) is 0 Å². The summed E-state index contributed by atoms with van der Waals surface area (Å²) in [4.78, 5) is 10.6. The molecule has 96 valence electrons. The molecule has 0 amide bonds. The third-order valence-corrected chi connectivity index (χ3v) is 2.69. The van der Waals surface area contributed by atoms with Crippen LogP contribution in [0, 0.1) is 0 Å². The molecule has 2 nitrogen and oxygen atoms in total. The molecule has 0 N–H and O–H groups in total. The van der Waals surface area contributed by atoms with E-state index in [2.05, 4.69) is 6.92 Å². The maximum absolute atomic E-state index is 10.6. The lowest BCUT2D eigenvalue weighted by Gasteiger charge is -2.10. The van der Waals surface area contributed by atoms with Gasteiger partial charge >= 0.3 is 0 Å². The van der Waals surface area contributed by atoms with Crippen LogP contribution in [-0.4, -0.2) is 6.29 Å². The highest BCUT2D eigenvalue weighted by molar-refractivity contribution is 5.75. The average molecular weight is 252 g/mol. The zero-order valence-electron chi connectivity index (χ0n) is 10.9. The summed E-state index contributed by atoms with van der Waals surface area (Å²) in [6, 6.07) is 17.1. The van der Waals surface area contributed by atoms with Gasteiger partial charge in [-0.25, -0.2) is 0 Å². The SMILES string of the molecule is CC/C=C(/Oc1ccc(C=O)cc1)c1ccccc1. The Labute approximate surface area is 113 Å². The molecule has 0 aliphatic heterocycles. The molecular weight excluding hydrogens is 236 g/mol. The van der Waals surface area contributed by atoms with Gasteiger partial charge < -0.3 is 4.74 Å². The lowest BCUT2D eigenvalue weighted by Crippen LogP contribution is -1.95. The number of allylic oxidation sites excluding steroid dienone is 1. The number of aldehydes is 1. The largest absolute Gasteiger partial charge is 0.457 e. The molecule has 0 radical (unpaired) electrons. The maximum atomic E-state index is 10.6. The monoisotopic (exact) mass is 252 g/mol. The molecule has 0 bridgehead atoms. The third-order valence-electron chi connectivity index (χ3n) is 2.69. The first kappa shape index (κ1) is 13.1. The summed E-state index contributed by atoms with van der Waals surface area (Å²) in [6.07, 6.45) is 3.77. The molecule has 2 aromatic carbocycles. The minimum atomic E-state index is 0.646. The standard InChI is InChI=1S/C17H16O2/c1-2-6-17(15-7-4-3-5-8-15)19-16-11-9-14(13-18)10-12-16/h3-13H,2H2,1H3/b17-6+. The van der Waals surface area contributed by atoms with E-state index in [4.69, 9.17) is 4.74 Å². The van der Waals surface area contributed by atoms with Crippen molar-refractivity contribution in [2.75, 3.05) is 0 Å². The zero-order valence-corrected chi connectivity index (χ0v) is 10.9. The highest BCUT2D eigenvalue weighted by atomic mass is 16.5. The van der Waals surface area contributed by atoms with E-state index in [9.17, 15) is 4.79 Å². The van der Waals surface area contributed by atoms with E-state index < -0.39 is 0 Å². The first-order valence-corrected chi connectivity index (χ1v) is 6.32. The lowest BCUT2D eigenvalue weighted by molar-refractivity contribution is 0.112. The molecule has 0 aliphatic carbocycles. The molecule has 0 aliphatic rings. The molecule has 0 saturated carbocycles. The Morgan fingerprint density at radius 2 is 1.74 bits per heavy atom. The highest BCUT2D eigenvalue weighted by Crippen LogP contribution is 2.21. The fourth-order valence-electron chi connectivity index (χ4n) is 1.75. The Hall–Kier alpha value is -2.35. The van der Waals surface area contributed by atoms with Crippen molar-refractivity contribution in [3.8, 4) is 5.75 Å². The van der Waals surface area contributed by atoms with Crippen LogP contribution in [0.2, 0.25) is 0 Å². The predicted octanol–water partition coefficient (Wildman–Crippen LogP) is 4.33. The minimum Gasteiger partial charge on any atom is -0.457 e. The van der Waals surface area contributed by atoms with Crippen LogP contribution < -0.4 is 4.74 Å². The summed E-state index contributed by atoms with van der Waals surface area (Å²) in [5.74, 6) is 1.57. The van der Waals surface area contributed by atoms with E-state index in [1.807, 2.05) is 36.4 Å². The molecule has 0 saturated heterocycles. The van der Waals surface area contributed by atoms with Crippen molar-refractivity contribution in [3.63, 3.8) is 0 Å². The first-order chi connectivity index (χ1) is 9.33. The van der Waals surface area contributed by atoms with Crippen LogP contribution in [0.5, 0.6) is 5.75 Å². The van der Waals surface area contributed by atoms with Crippen LogP contribution >= 0.6 is 0 Å². The maximum Gasteiger partial charge on any atom is 0.150 e. The molecule has 0 fully saturated rings. The van der Waals surface area contributed by atoms with Gasteiger partial charge in [-0.15, -0.1) is 0 Å². The van der Waals surface area contributed by atoms with Gasteiger partial charge in [0.1, 0.15) is 17.8 Å². The van der Waals surface area contributed by atoms with Crippen molar-refractivity contribution in [1.29, 1.82) is 0 Å². The fraction of sp³-hybridized carbons (Fsp3) is 0.118. The number of rotatable bonds is 5. The summed E-state index contributed by atoms with van der Waals surface area (Å²) < 4.78 is 5.89. The quantitative estimate of drug-likeness (QED) is 0.585. The van der Waals surface area contributed by atoms with Gasteiger partial charge in [-0.1, -0.05) is 37.3 Å². The van der Waals surface area contributed by atoms with E-state index in [-0.39, 0.29) is 0 Å². The second-order valence-electron chi connectivity index (χ2n) is 4.13. The fourth-order valence-corrected chi connectivity index (χ4v) is 1.75. The second-order valence-corrected chi connectivity index (χ2v) is 4.13. The van der Waals surface area contributed by atoms with Crippen molar-refractivity contribution in [1.82, 2.24) is 0 Å². The summed E-state index contributed by atoms with van der Waals surface area (Å²) in [5.41, 5.74) is 1.69. The van der Waals surface area contributed by atoms with E-state index >= 15 is 0 Å². The summed E-state index contributed by atoms with van der Waals surface area (Å²) >= 11 is 0. The average Bonchev–Trinajstić information content (AvgIpc) is 2.48. The van der Waals surface area contributed by atoms with E-state index in [0.717, 1.165) is 29.8 Å². The number of benzene rings is 2. The van der Waals surface area contributed by atoms with Gasteiger partial charge in [0, 0.05) is 11.1 Å². The second kappa shape index (κ2) is 6.55. The zero-order chi connectivity index (χ0) is 13.5. The molecule has 2 heteroatoms. The Kier molecular flexibility index (Phi) is 4.51. The van der Waals surface area contributed by atoms with Gasteiger partial charge in [0.05, 0.1) is 0 Å². The molecule has 0 heterocycles. The van der Waals surface area contributed by atoms with Crippen molar-refractivity contribution < 1.29 is 9.53 Å². The molecular formula is C17H16O2. The molecule has 0 aromatic heterocycles. The van der Waals surface area contributed by atoms with Crippen LogP contribution in [0.25, 0.3) is 5.76 Å². The summed E-state index contributed by atoms with van der Waals surface area (Å²) in [6.45, 7) is 2.07. The number of carbonyl (C=O) groups is 1. The molecule has 0 spiro atoms. The number of hydrogen-bond acceptors (Lipinski definition) is 2. The van der Waals surface area contributed by atoms with Crippen molar-refractivity contribution in [2.24, 2.45) is 0 Å². The van der Waals surface area contributed by atoms with E-state index in [0.29, 0.717) is 5.56 Å². The van der Waals surface area contributed by atoms with Gasteiger partial charge in [-0.2, -0.15) is 0 Å². The Bertz CT molecular complexity index is 554. The molecule has 2 aromatic rings. The predicted molar refractivity (Wildman–Crippen MR) is 77.2 cm³/mol. The van der Waals surface area contributed by atoms with Gasteiger partial charge in [0.15, 0.2) is 0 Å². The Balaban J connectivity index is 2.22. The first-order valence-electron chi connectivity index (χ1n) is 6.32. The lowest BCUT2D eigenvalue weighted by atomic mass is 10.1. The van der Waals surface area contributed by atoms with Gasteiger partial charge in [0.2, 0.25) is 0 Å². The molecule has 19 heavy (non-hydrogen) atoms. The Morgan fingerprint density at radius 1 is 1.05 bits per heavy atom. The van der Waals surface area contributed by atoms with Crippen molar-refractivity contribution in [3.05, 3.63) is 71.8 Å². The van der Waals surface area contributed by atoms with Gasteiger partial charge in [-0.3, -0.25) is 4.79 Å². The normalized spacial score (nSPS) is 11.1. The van der Waals surface area contributed by atoms with Crippen LogP contribution in [0.4, 0.5) is 0 Å². The minimum absolute atomic E-state index is 0.646. The molecule has 0 unspecified atom stereocenters. The molecule has 0 atom stereocenters. The Morgan fingerprint density at radius 3 is 2.32 bits per heavy atom.